The van der Waals surface area contributed by atoms with Gasteiger partial charge in [-0.2, -0.15) is 0 Å². The highest BCUT2D eigenvalue weighted by Crippen LogP contribution is 2.43. The largest absolute Gasteiger partial charge is 0.546 e. The summed E-state index contributed by atoms with van der Waals surface area (Å²) in [7, 11) is 0. The van der Waals surface area contributed by atoms with E-state index in [-0.39, 0.29) is 17.2 Å². The lowest BCUT2D eigenvalue weighted by molar-refractivity contribution is -0.313. The second-order valence-corrected chi connectivity index (χ2v) is 6.90. The number of thiophene rings is 1. The normalized spacial score (nSPS) is 12.9. The first-order valence-electron chi connectivity index (χ1n) is 6.64. The van der Waals surface area contributed by atoms with Gasteiger partial charge in [-0.05, 0) is 29.9 Å². The summed E-state index contributed by atoms with van der Waals surface area (Å²) in [6, 6.07) is 3.76. The van der Waals surface area contributed by atoms with Crippen LogP contribution in [0.25, 0.3) is 10.1 Å². The zero-order chi connectivity index (χ0) is 15.7. The second kappa shape index (κ2) is 6.42. The van der Waals surface area contributed by atoms with Gasteiger partial charge >= 0.3 is 0 Å². The van der Waals surface area contributed by atoms with Crippen molar-refractivity contribution >= 4 is 50.6 Å². The lowest BCUT2D eigenvalue weighted by atomic mass is 10.1. The third-order valence-electron chi connectivity index (χ3n) is 3.15. The van der Waals surface area contributed by atoms with Crippen LogP contribution in [0.1, 0.15) is 38.0 Å². The Morgan fingerprint density at radius 1 is 1.33 bits per heavy atom. The standard InChI is InChI=1S/C15H16Cl2O3S/c1-4-9(15(18)19)20-10-5-8-6-11(7(2)3)21-14(8)13(17)12(10)16/h5-7,9H,4H2,1-3H3,(H,18,19)/p-1. The minimum atomic E-state index is -1.27. The first-order valence-corrected chi connectivity index (χ1v) is 8.21. The Morgan fingerprint density at radius 3 is 2.52 bits per heavy atom. The molecule has 0 bridgehead atoms. The summed E-state index contributed by atoms with van der Waals surface area (Å²) in [5.74, 6) is -0.607. The van der Waals surface area contributed by atoms with Crippen molar-refractivity contribution in [2.45, 2.75) is 39.2 Å². The van der Waals surface area contributed by atoms with E-state index in [0.717, 1.165) is 10.1 Å². The third kappa shape index (κ3) is 3.28. The van der Waals surface area contributed by atoms with Crippen molar-refractivity contribution in [2.75, 3.05) is 0 Å². The Bertz CT molecular complexity index is 679. The van der Waals surface area contributed by atoms with E-state index in [4.69, 9.17) is 27.9 Å². The van der Waals surface area contributed by atoms with Crippen molar-refractivity contribution < 1.29 is 14.6 Å². The van der Waals surface area contributed by atoms with E-state index in [1.807, 2.05) is 6.07 Å². The third-order valence-corrected chi connectivity index (χ3v) is 5.58. The molecule has 0 aliphatic heterocycles. The van der Waals surface area contributed by atoms with Gasteiger partial charge in [0.1, 0.15) is 16.9 Å². The quantitative estimate of drug-likeness (QED) is 0.814. The molecule has 2 rings (SSSR count). The molecule has 1 aromatic heterocycles. The Kier molecular flexibility index (Phi) is 5.02. The highest BCUT2D eigenvalue weighted by atomic mass is 35.5. The number of carboxylic acid groups (broad SMARTS) is 1. The Labute approximate surface area is 137 Å². The maximum atomic E-state index is 11.0. The molecule has 2 aromatic rings. The summed E-state index contributed by atoms with van der Waals surface area (Å²) >= 11 is 14.1. The maximum absolute atomic E-state index is 11.0. The summed E-state index contributed by atoms with van der Waals surface area (Å²) in [5, 5.41) is 12.5. The molecule has 0 N–H and O–H groups in total. The van der Waals surface area contributed by atoms with Crippen molar-refractivity contribution in [3.05, 3.63) is 27.1 Å². The van der Waals surface area contributed by atoms with Crippen LogP contribution >= 0.6 is 34.5 Å². The summed E-state index contributed by atoms with van der Waals surface area (Å²) in [6.45, 7) is 5.90. The molecule has 0 radical (unpaired) electrons. The number of hydrogen-bond donors (Lipinski definition) is 0. The van der Waals surface area contributed by atoms with Crippen LogP contribution in [0, 0.1) is 0 Å². The fraction of sp³-hybridized carbons (Fsp3) is 0.400. The van der Waals surface area contributed by atoms with Crippen molar-refractivity contribution in [1.82, 2.24) is 0 Å². The van der Waals surface area contributed by atoms with Gasteiger partial charge in [0.2, 0.25) is 0 Å². The van der Waals surface area contributed by atoms with E-state index >= 15 is 0 Å². The maximum Gasteiger partial charge on any atom is 0.141 e. The van der Waals surface area contributed by atoms with Crippen molar-refractivity contribution in [1.29, 1.82) is 0 Å². The number of carbonyl (C=O) groups excluding carboxylic acids is 1. The molecule has 1 atom stereocenters. The molecule has 1 heterocycles. The lowest BCUT2D eigenvalue weighted by Gasteiger charge is -2.19. The van der Waals surface area contributed by atoms with Gasteiger partial charge in [0.15, 0.2) is 0 Å². The molecule has 0 amide bonds. The topological polar surface area (TPSA) is 49.4 Å². The molecule has 114 valence electrons. The minimum Gasteiger partial charge on any atom is -0.546 e. The fourth-order valence-corrected chi connectivity index (χ4v) is 3.59. The molecule has 3 nitrogen and oxygen atoms in total. The van der Waals surface area contributed by atoms with E-state index in [9.17, 15) is 9.90 Å². The van der Waals surface area contributed by atoms with Gasteiger partial charge in [-0.25, -0.2) is 0 Å². The van der Waals surface area contributed by atoms with Crippen LogP contribution in [0.2, 0.25) is 10.0 Å². The molecular weight excluding hydrogens is 331 g/mol. The average Bonchev–Trinajstić information content (AvgIpc) is 2.85. The zero-order valence-electron chi connectivity index (χ0n) is 11.9. The molecule has 6 heteroatoms. The Balaban J connectivity index is 2.50. The summed E-state index contributed by atoms with van der Waals surface area (Å²) < 4.78 is 6.33. The number of carbonyl (C=O) groups is 1. The van der Waals surface area contributed by atoms with Gasteiger partial charge in [0, 0.05) is 4.88 Å². The average molecular weight is 346 g/mol. The monoisotopic (exact) mass is 345 g/mol. The molecule has 21 heavy (non-hydrogen) atoms. The molecule has 0 fully saturated rings. The van der Waals surface area contributed by atoms with Gasteiger partial charge in [-0.15, -0.1) is 11.3 Å². The summed E-state index contributed by atoms with van der Waals surface area (Å²) in [6.07, 6.45) is -0.755. The number of carboxylic acids is 1. The van der Waals surface area contributed by atoms with Crippen molar-refractivity contribution in [3.63, 3.8) is 0 Å². The van der Waals surface area contributed by atoms with E-state index in [0.29, 0.717) is 10.9 Å². The predicted molar refractivity (Wildman–Crippen MR) is 85.6 cm³/mol. The molecular formula is C15H15Cl2O3S-. The van der Waals surface area contributed by atoms with Crippen LogP contribution in [0.3, 0.4) is 0 Å². The number of rotatable bonds is 5. The smallest absolute Gasteiger partial charge is 0.141 e. The van der Waals surface area contributed by atoms with Crippen molar-refractivity contribution in [3.8, 4) is 5.75 Å². The number of ether oxygens (including phenoxy) is 1. The summed E-state index contributed by atoms with van der Waals surface area (Å²) in [5.41, 5.74) is 0. The van der Waals surface area contributed by atoms with E-state index in [1.165, 1.54) is 4.88 Å². The number of hydrogen-bond acceptors (Lipinski definition) is 4. The zero-order valence-corrected chi connectivity index (χ0v) is 14.2. The van der Waals surface area contributed by atoms with Gasteiger partial charge in [0.05, 0.1) is 15.7 Å². The number of benzene rings is 1. The molecule has 0 saturated heterocycles. The van der Waals surface area contributed by atoms with Crippen LogP contribution in [0.5, 0.6) is 5.75 Å². The number of halogens is 2. The molecule has 1 aromatic carbocycles. The number of aliphatic carboxylic acids is 1. The van der Waals surface area contributed by atoms with Gasteiger partial charge in [-0.3, -0.25) is 0 Å². The van der Waals surface area contributed by atoms with Crippen LogP contribution in [0.15, 0.2) is 12.1 Å². The first kappa shape index (κ1) is 16.4. The Hall–Kier alpha value is -0.970. The molecule has 0 saturated carbocycles. The van der Waals surface area contributed by atoms with Gasteiger partial charge in [0.25, 0.3) is 0 Å². The van der Waals surface area contributed by atoms with Crippen molar-refractivity contribution in [2.24, 2.45) is 0 Å². The van der Waals surface area contributed by atoms with Crippen LogP contribution in [-0.2, 0) is 4.79 Å². The molecule has 1 unspecified atom stereocenters. The SMILES string of the molecule is CCC(Oc1cc2cc(C(C)C)sc2c(Cl)c1Cl)C(=O)[O-]. The van der Waals surface area contributed by atoms with E-state index in [2.05, 4.69) is 13.8 Å². The highest BCUT2D eigenvalue weighted by Gasteiger charge is 2.18. The first-order chi connectivity index (χ1) is 9.85. The summed E-state index contributed by atoms with van der Waals surface area (Å²) in [4.78, 5) is 12.2. The van der Waals surface area contributed by atoms with Gasteiger partial charge < -0.3 is 14.6 Å². The minimum absolute atomic E-state index is 0.237. The molecule has 0 aliphatic carbocycles. The fourth-order valence-electron chi connectivity index (χ4n) is 1.94. The van der Waals surface area contributed by atoms with E-state index < -0.39 is 12.1 Å². The van der Waals surface area contributed by atoms with Crippen LogP contribution < -0.4 is 9.84 Å². The van der Waals surface area contributed by atoms with E-state index in [1.54, 1.807) is 24.3 Å². The lowest BCUT2D eigenvalue weighted by Crippen LogP contribution is -2.39. The molecule has 0 spiro atoms. The predicted octanol–water partition coefficient (Wildman–Crippen LogP) is 4.24. The van der Waals surface area contributed by atoms with Crippen LogP contribution in [0.4, 0.5) is 0 Å². The highest BCUT2D eigenvalue weighted by molar-refractivity contribution is 7.19. The Morgan fingerprint density at radius 2 is 2.00 bits per heavy atom. The van der Waals surface area contributed by atoms with Crippen LogP contribution in [-0.4, -0.2) is 12.1 Å². The number of fused-ring (bicyclic) bond motifs is 1. The second-order valence-electron chi connectivity index (χ2n) is 5.06. The van der Waals surface area contributed by atoms with Gasteiger partial charge in [-0.1, -0.05) is 44.0 Å². The molecule has 0 aliphatic rings.